The van der Waals surface area contributed by atoms with E-state index in [1.54, 1.807) is 6.07 Å². The number of hydrogen-bond acceptors (Lipinski definition) is 2. The molecule has 2 aromatic carbocycles. The van der Waals surface area contributed by atoms with Crippen molar-refractivity contribution < 1.29 is 27.1 Å². The van der Waals surface area contributed by atoms with Gasteiger partial charge in [0.05, 0.1) is 11.3 Å². The quantitative estimate of drug-likeness (QED) is 0.793. The van der Waals surface area contributed by atoms with Crippen LogP contribution in [-0.4, -0.2) is 12.0 Å². The Morgan fingerprint density at radius 3 is 2.58 bits per heavy atom. The molecule has 0 bridgehead atoms. The Labute approximate surface area is 148 Å². The summed E-state index contributed by atoms with van der Waals surface area (Å²) < 4.78 is 57.5. The first-order chi connectivity index (χ1) is 12.2. The first-order valence-electron chi connectivity index (χ1n) is 8.20. The molecule has 0 heterocycles. The number of aryl methyl sites for hydroxylation is 2. The van der Waals surface area contributed by atoms with Crippen molar-refractivity contribution in [3.8, 4) is 5.75 Å². The fraction of sp³-hybridized carbons (Fsp3) is 0.316. The Morgan fingerprint density at radius 2 is 1.85 bits per heavy atom. The molecular weight excluding hydrogens is 350 g/mol. The Bertz CT molecular complexity index is 833. The second-order valence-corrected chi connectivity index (χ2v) is 6.23. The standard InChI is InChI=1S/C19H17F4NO2/c1-11(26-15-7-5-12-3-2-4-13(12)9-15)18(25)24-17-10-14(19(21,22)23)6-8-16(17)20/h5-11H,2-4H2,1H3,(H,24,25). The van der Waals surface area contributed by atoms with Gasteiger partial charge in [0.2, 0.25) is 0 Å². The van der Waals surface area contributed by atoms with Crippen molar-refractivity contribution in [3.05, 3.63) is 58.9 Å². The first-order valence-corrected chi connectivity index (χ1v) is 8.20. The lowest BCUT2D eigenvalue weighted by Crippen LogP contribution is -2.30. The highest BCUT2D eigenvalue weighted by molar-refractivity contribution is 5.94. The lowest BCUT2D eigenvalue weighted by Gasteiger charge is -2.16. The van der Waals surface area contributed by atoms with Gasteiger partial charge in [0, 0.05) is 0 Å². The number of amides is 1. The highest BCUT2D eigenvalue weighted by atomic mass is 19.4. The molecule has 1 aliphatic carbocycles. The van der Waals surface area contributed by atoms with Gasteiger partial charge in [0.15, 0.2) is 6.10 Å². The number of ether oxygens (including phenoxy) is 1. The van der Waals surface area contributed by atoms with Gasteiger partial charge in [-0.1, -0.05) is 6.07 Å². The summed E-state index contributed by atoms with van der Waals surface area (Å²) in [5, 5.41) is 2.16. The predicted molar refractivity (Wildman–Crippen MR) is 88.6 cm³/mol. The molecule has 0 saturated heterocycles. The van der Waals surface area contributed by atoms with Crippen LogP contribution in [0.2, 0.25) is 0 Å². The fourth-order valence-corrected chi connectivity index (χ4v) is 2.91. The van der Waals surface area contributed by atoms with Gasteiger partial charge in [-0.25, -0.2) is 4.39 Å². The third-order valence-corrected chi connectivity index (χ3v) is 4.30. The second kappa shape index (κ2) is 6.97. The van der Waals surface area contributed by atoms with Gasteiger partial charge in [0.1, 0.15) is 11.6 Å². The van der Waals surface area contributed by atoms with Crippen molar-refractivity contribution in [1.82, 2.24) is 0 Å². The normalized spacial score (nSPS) is 14.7. The number of carbonyl (C=O) groups is 1. The largest absolute Gasteiger partial charge is 0.481 e. The third-order valence-electron chi connectivity index (χ3n) is 4.30. The van der Waals surface area contributed by atoms with Crippen LogP contribution >= 0.6 is 0 Å². The molecule has 0 radical (unpaired) electrons. The van der Waals surface area contributed by atoms with E-state index in [1.165, 1.54) is 18.1 Å². The summed E-state index contributed by atoms with van der Waals surface area (Å²) in [5.41, 5.74) is 0.843. The third kappa shape index (κ3) is 3.98. The van der Waals surface area contributed by atoms with Crippen molar-refractivity contribution in [2.24, 2.45) is 0 Å². The van der Waals surface area contributed by atoms with Crippen molar-refractivity contribution in [2.75, 3.05) is 5.32 Å². The van der Waals surface area contributed by atoms with Gasteiger partial charge >= 0.3 is 6.18 Å². The lowest BCUT2D eigenvalue weighted by atomic mass is 10.1. The number of benzene rings is 2. The average Bonchev–Trinajstić information content (AvgIpc) is 3.03. The van der Waals surface area contributed by atoms with Gasteiger partial charge in [-0.15, -0.1) is 0 Å². The van der Waals surface area contributed by atoms with Crippen LogP contribution in [0.4, 0.5) is 23.2 Å². The fourth-order valence-electron chi connectivity index (χ4n) is 2.91. The Morgan fingerprint density at radius 1 is 1.12 bits per heavy atom. The summed E-state index contributed by atoms with van der Waals surface area (Å²) in [4.78, 5) is 12.2. The number of halogens is 4. The molecule has 2 aromatic rings. The predicted octanol–water partition coefficient (Wildman–Crippen LogP) is 4.74. The SMILES string of the molecule is CC(Oc1ccc2c(c1)CCC2)C(=O)Nc1cc(C(F)(F)F)ccc1F. The van der Waals surface area contributed by atoms with E-state index >= 15 is 0 Å². The van der Waals surface area contributed by atoms with Crippen LogP contribution in [0.3, 0.4) is 0 Å². The van der Waals surface area contributed by atoms with Crippen LogP contribution in [-0.2, 0) is 23.8 Å². The first kappa shape index (κ1) is 18.2. The minimum Gasteiger partial charge on any atom is -0.481 e. The number of carbonyl (C=O) groups excluding carboxylic acids is 1. The molecule has 1 amide bonds. The molecule has 1 aliphatic rings. The monoisotopic (exact) mass is 367 g/mol. The van der Waals surface area contributed by atoms with Crippen LogP contribution in [0.25, 0.3) is 0 Å². The van der Waals surface area contributed by atoms with Crippen LogP contribution in [0, 0.1) is 5.82 Å². The van der Waals surface area contributed by atoms with Crippen LogP contribution < -0.4 is 10.1 Å². The molecule has 1 N–H and O–H groups in total. The second-order valence-electron chi connectivity index (χ2n) is 6.23. The summed E-state index contributed by atoms with van der Waals surface area (Å²) in [5.74, 6) is -1.18. The smallest absolute Gasteiger partial charge is 0.416 e. The van der Waals surface area contributed by atoms with Crippen molar-refractivity contribution in [2.45, 2.75) is 38.5 Å². The maximum absolute atomic E-state index is 13.7. The highest BCUT2D eigenvalue weighted by Gasteiger charge is 2.31. The Hall–Kier alpha value is -2.57. The highest BCUT2D eigenvalue weighted by Crippen LogP contribution is 2.32. The molecule has 0 fully saturated rings. The molecule has 3 nitrogen and oxygen atoms in total. The molecule has 0 spiro atoms. The molecule has 0 aromatic heterocycles. The van der Waals surface area contributed by atoms with E-state index in [0.717, 1.165) is 19.3 Å². The number of nitrogens with one attached hydrogen (secondary N) is 1. The van der Waals surface area contributed by atoms with E-state index < -0.39 is 35.3 Å². The maximum Gasteiger partial charge on any atom is 0.416 e. The van der Waals surface area contributed by atoms with Gasteiger partial charge in [-0.2, -0.15) is 13.2 Å². The summed E-state index contributed by atoms with van der Waals surface area (Å²) in [6.45, 7) is 1.45. The van der Waals surface area contributed by atoms with E-state index in [-0.39, 0.29) is 0 Å². The van der Waals surface area contributed by atoms with Gasteiger partial charge < -0.3 is 10.1 Å². The van der Waals surface area contributed by atoms with Crippen LogP contribution in [0.5, 0.6) is 5.75 Å². The van der Waals surface area contributed by atoms with Gasteiger partial charge in [0.25, 0.3) is 5.91 Å². The van der Waals surface area contributed by atoms with E-state index in [0.29, 0.717) is 23.9 Å². The molecule has 3 rings (SSSR count). The number of anilines is 1. The zero-order valence-electron chi connectivity index (χ0n) is 14.0. The van der Waals surface area contributed by atoms with Crippen molar-refractivity contribution >= 4 is 11.6 Å². The summed E-state index contributed by atoms with van der Waals surface area (Å²) >= 11 is 0. The van der Waals surface area contributed by atoms with E-state index in [2.05, 4.69) is 5.32 Å². The van der Waals surface area contributed by atoms with Crippen molar-refractivity contribution in [1.29, 1.82) is 0 Å². The van der Waals surface area contributed by atoms with E-state index in [1.807, 2.05) is 12.1 Å². The molecule has 0 aliphatic heterocycles. The van der Waals surface area contributed by atoms with Gasteiger partial charge in [-0.05, 0) is 67.6 Å². The minimum atomic E-state index is -4.63. The topological polar surface area (TPSA) is 38.3 Å². The molecule has 0 saturated carbocycles. The van der Waals surface area contributed by atoms with Gasteiger partial charge in [-0.3, -0.25) is 4.79 Å². The Kier molecular flexibility index (Phi) is 4.89. The Balaban J connectivity index is 1.70. The van der Waals surface area contributed by atoms with E-state index in [9.17, 15) is 22.4 Å². The van der Waals surface area contributed by atoms with Crippen molar-refractivity contribution in [3.63, 3.8) is 0 Å². The average molecular weight is 367 g/mol. The zero-order valence-corrected chi connectivity index (χ0v) is 14.0. The summed E-state index contributed by atoms with van der Waals surface area (Å²) in [6.07, 6.45) is -2.59. The minimum absolute atomic E-state index is 0.498. The maximum atomic E-state index is 13.7. The number of alkyl halides is 3. The molecular formula is C19H17F4NO2. The summed E-state index contributed by atoms with van der Waals surface area (Å²) in [7, 11) is 0. The van der Waals surface area contributed by atoms with E-state index in [4.69, 9.17) is 4.74 Å². The number of hydrogen-bond donors (Lipinski definition) is 1. The molecule has 138 valence electrons. The number of fused-ring (bicyclic) bond motifs is 1. The molecule has 1 unspecified atom stereocenters. The zero-order chi connectivity index (χ0) is 18.9. The van der Waals surface area contributed by atoms with Crippen LogP contribution in [0.15, 0.2) is 36.4 Å². The lowest BCUT2D eigenvalue weighted by molar-refractivity contribution is -0.137. The molecule has 7 heteroatoms. The molecule has 1 atom stereocenters. The van der Waals surface area contributed by atoms with Crippen LogP contribution in [0.1, 0.15) is 30.0 Å². The number of rotatable bonds is 4. The molecule has 26 heavy (non-hydrogen) atoms. The summed E-state index contributed by atoms with van der Waals surface area (Å²) in [6, 6.07) is 7.40.